The summed E-state index contributed by atoms with van der Waals surface area (Å²) in [4.78, 5) is 39.0. The lowest BCUT2D eigenvalue weighted by atomic mass is 9.99. The number of nitrogens with zero attached hydrogens (tertiary/aromatic N) is 2. The maximum absolute atomic E-state index is 12.4. The predicted molar refractivity (Wildman–Crippen MR) is 105 cm³/mol. The molecule has 1 atom stereocenters. The van der Waals surface area contributed by atoms with Crippen LogP contribution in [0.4, 0.5) is 0 Å². The third-order valence-electron chi connectivity index (χ3n) is 5.28. The molecule has 1 aliphatic heterocycles. The summed E-state index contributed by atoms with van der Waals surface area (Å²) in [5, 5.41) is 4.22. The Kier molecular flexibility index (Phi) is 6.27. The summed E-state index contributed by atoms with van der Waals surface area (Å²) in [6.07, 6.45) is 6.21. The van der Waals surface area contributed by atoms with Crippen LogP contribution in [0.3, 0.4) is 0 Å². The van der Waals surface area contributed by atoms with Crippen LogP contribution in [0.1, 0.15) is 39.0 Å². The lowest BCUT2D eigenvalue weighted by Crippen LogP contribution is -2.44. The van der Waals surface area contributed by atoms with Crippen LogP contribution >= 0.6 is 0 Å². The Hall–Kier alpha value is -2.63. The Morgan fingerprint density at radius 3 is 2.81 bits per heavy atom. The molecule has 1 aliphatic rings. The molecule has 3 rings (SSSR count). The van der Waals surface area contributed by atoms with Gasteiger partial charge in [0.15, 0.2) is 0 Å². The lowest BCUT2D eigenvalue weighted by molar-refractivity contribution is -0.134. The molecule has 0 spiro atoms. The monoisotopic (exact) mass is 369 g/mol. The summed E-state index contributed by atoms with van der Waals surface area (Å²) in [6, 6.07) is 9.47. The van der Waals surface area contributed by atoms with Gasteiger partial charge in [0.1, 0.15) is 6.54 Å². The number of piperidine rings is 1. The van der Waals surface area contributed by atoms with Crippen molar-refractivity contribution in [2.45, 2.75) is 51.6 Å². The van der Waals surface area contributed by atoms with Crippen LogP contribution < -0.4 is 10.9 Å². The molecular formula is C21H27N3O3. The molecule has 6 heteroatoms. The number of carbonyl (C=O) groups is 2. The van der Waals surface area contributed by atoms with E-state index in [1.807, 2.05) is 29.2 Å². The molecule has 0 radical (unpaired) electrons. The minimum atomic E-state index is -0.258. The van der Waals surface area contributed by atoms with Crippen molar-refractivity contribution in [3.63, 3.8) is 0 Å². The number of hydrogen-bond donors (Lipinski definition) is 1. The number of fused-ring (bicyclic) bond motifs is 1. The van der Waals surface area contributed by atoms with Gasteiger partial charge in [-0.3, -0.25) is 14.4 Å². The van der Waals surface area contributed by atoms with Gasteiger partial charge < -0.3 is 14.8 Å². The van der Waals surface area contributed by atoms with Crippen molar-refractivity contribution in [1.29, 1.82) is 0 Å². The second kappa shape index (κ2) is 8.84. The molecule has 6 nitrogen and oxygen atoms in total. The van der Waals surface area contributed by atoms with E-state index in [0.29, 0.717) is 24.4 Å². The number of carbonyl (C=O) groups excluding carboxylic acids is 2. The van der Waals surface area contributed by atoms with Gasteiger partial charge in [0.05, 0.1) is 0 Å². The van der Waals surface area contributed by atoms with Crippen LogP contribution in [0.15, 0.2) is 41.3 Å². The number of nitrogens with one attached hydrogen (secondary N) is 1. The molecule has 1 N–H and O–H groups in total. The van der Waals surface area contributed by atoms with Crippen molar-refractivity contribution in [2.24, 2.45) is 0 Å². The SMILES string of the molecule is CCC1CCCCN1C(=O)CCNC(=O)Cn1ccc2ccccc2c1=O. The van der Waals surface area contributed by atoms with Crippen molar-refractivity contribution in [1.82, 2.24) is 14.8 Å². The predicted octanol–water partition coefficient (Wildman–Crippen LogP) is 2.30. The van der Waals surface area contributed by atoms with Crippen LogP contribution in [0.25, 0.3) is 10.8 Å². The number of likely N-dealkylation sites (tertiary alicyclic amines) is 1. The number of amides is 2. The lowest BCUT2D eigenvalue weighted by Gasteiger charge is -2.35. The van der Waals surface area contributed by atoms with Gasteiger partial charge in [0, 0.05) is 37.1 Å². The van der Waals surface area contributed by atoms with Crippen molar-refractivity contribution in [3.8, 4) is 0 Å². The first-order chi connectivity index (χ1) is 13.1. The van der Waals surface area contributed by atoms with Crippen LogP contribution in [-0.2, 0) is 16.1 Å². The molecule has 0 aliphatic carbocycles. The van der Waals surface area contributed by atoms with Crippen molar-refractivity contribution >= 4 is 22.6 Å². The number of benzene rings is 1. The summed E-state index contributed by atoms with van der Waals surface area (Å²) in [5.74, 6) is -0.157. The fourth-order valence-corrected chi connectivity index (χ4v) is 3.77. The third-order valence-corrected chi connectivity index (χ3v) is 5.28. The van der Waals surface area contributed by atoms with E-state index in [1.54, 1.807) is 12.3 Å². The summed E-state index contributed by atoms with van der Waals surface area (Å²) >= 11 is 0. The van der Waals surface area contributed by atoms with E-state index in [0.717, 1.165) is 31.2 Å². The van der Waals surface area contributed by atoms with Gasteiger partial charge >= 0.3 is 0 Å². The van der Waals surface area contributed by atoms with E-state index in [2.05, 4.69) is 12.2 Å². The van der Waals surface area contributed by atoms with Gasteiger partial charge in [-0.25, -0.2) is 0 Å². The molecule has 0 saturated carbocycles. The minimum Gasteiger partial charge on any atom is -0.354 e. The molecule has 144 valence electrons. The molecule has 1 aromatic heterocycles. The summed E-state index contributed by atoms with van der Waals surface area (Å²) in [7, 11) is 0. The Morgan fingerprint density at radius 1 is 1.19 bits per heavy atom. The van der Waals surface area contributed by atoms with Crippen molar-refractivity contribution in [3.05, 3.63) is 46.9 Å². The topological polar surface area (TPSA) is 71.4 Å². The highest BCUT2D eigenvalue weighted by Crippen LogP contribution is 2.20. The van der Waals surface area contributed by atoms with Gasteiger partial charge in [0.2, 0.25) is 11.8 Å². The first kappa shape index (κ1) is 19.1. The van der Waals surface area contributed by atoms with E-state index in [1.165, 1.54) is 11.0 Å². The molecule has 1 aromatic carbocycles. The van der Waals surface area contributed by atoms with Gasteiger partial charge in [-0.05, 0) is 43.2 Å². The summed E-state index contributed by atoms with van der Waals surface area (Å²) < 4.78 is 1.40. The van der Waals surface area contributed by atoms with Gasteiger partial charge in [-0.15, -0.1) is 0 Å². The average Bonchev–Trinajstić information content (AvgIpc) is 2.70. The Balaban J connectivity index is 1.52. The molecule has 1 saturated heterocycles. The molecule has 1 unspecified atom stereocenters. The molecular weight excluding hydrogens is 342 g/mol. The van der Waals surface area contributed by atoms with E-state index < -0.39 is 0 Å². The van der Waals surface area contributed by atoms with Crippen LogP contribution in [-0.4, -0.2) is 40.4 Å². The standard InChI is InChI=1S/C21H27N3O3/c1-2-17-8-5-6-13-24(17)20(26)10-12-22-19(25)15-23-14-11-16-7-3-4-9-18(16)21(23)27/h3-4,7,9,11,14,17H,2,5-6,8,10,12-13,15H2,1H3,(H,22,25). The largest absolute Gasteiger partial charge is 0.354 e. The minimum absolute atomic E-state index is 0.0425. The maximum Gasteiger partial charge on any atom is 0.258 e. The highest BCUT2D eigenvalue weighted by Gasteiger charge is 2.24. The Morgan fingerprint density at radius 2 is 2.00 bits per heavy atom. The fourth-order valence-electron chi connectivity index (χ4n) is 3.77. The van der Waals surface area contributed by atoms with E-state index >= 15 is 0 Å². The van der Waals surface area contributed by atoms with Gasteiger partial charge in [0.25, 0.3) is 5.56 Å². The van der Waals surface area contributed by atoms with Crippen LogP contribution in [0, 0.1) is 0 Å². The molecule has 2 heterocycles. The Bertz CT molecular complexity index is 874. The van der Waals surface area contributed by atoms with Gasteiger partial charge in [-0.2, -0.15) is 0 Å². The van der Waals surface area contributed by atoms with E-state index in [-0.39, 0.29) is 23.9 Å². The quantitative estimate of drug-likeness (QED) is 0.849. The first-order valence-electron chi connectivity index (χ1n) is 9.74. The highest BCUT2D eigenvalue weighted by atomic mass is 16.2. The third kappa shape index (κ3) is 4.56. The zero-order valence-corrected chi connectivity index (χ0v) is 15.8. The number of hydrogen-bond acceptors (Lipinski definition) is 3. The number of rotatable bonds is 6. The molecule has 27 heavy (non-hydrogen) atoms. The first-order valence-corrected chi connectivity index (χ1v) is 9.74. The second-order valence-electron chi connectivity index (χ2n) is 7.08. The molecule has 2 aromatic rings. The average molecular weight is 369 g/mol. The number of pyridine rings is 1. The smallest absolute Gasteiger partial charge is 0.258 e. The van der Waals surface area contributed by atoms with E-state index in [9.17, 15) is 14.4 Å². The molecule has 1 fully saturated rings. The fraction of sp³-hybridized carbons (Fsp3) is 0.476. The van der Waals surface area contributed by atoms with E-state index in [4.69, 9.17) is 0 Å². The van der Waals surface area contributed by atoms with Crippen LogP contribution in [0.2, 0.25) is 0 Å². The molecule has 2 amide bonds. The molecule has 0 bridgehead atoms. The summed E-state index contributed by atoms with van der Waals surface area (Å²) in [5.41, 5.74) is -0.182. The van der Waals surface area contributed by atoms with Crippen LogP contribution in [0.5, 0.6) is 0 Å². The number of aromatic nitrogens is 1. The van der Waals surface area contributed by atoms with Gasteiger partial charge in [-0.1, -0.05) is 25.1 Å². The zero-order chi connectivity index (χ0) is 19.2. The highest BCUT2D eigenvalue weighted by molar-refractivity contribution is 5.82. The van der Waals surface area contributed by atoms with Crippen molar-refractivity contribution < 1.29 is 9.59 Å². The summed E-state index contributed by atoms with van der Waals surface area (Å²) in [6.45, 7) is 3.18. The zero-order valence-electron chi connectivity index (χ0n) is 15.8. The van der Waals surface area contributed by atoms with Crippen molar-refractivity contribution in [2.75, 3.05) is 13.1 Å². The maximum atomic E-state index is 12.4. The normalized spacial score (nSPS) is 17.1. The second-order valence-corrected chi connectivity index (χ2v) is 7.08. The Labute approximate surface area is 159 Å².